The van der Waals surface area contributed by atoms with Crippen LogP contribution in [0.15, 0.2) is 157 Å². The largest absolute Gasteiger partial charge is 0.310 e. The van der Waals surface area contributed by atoms with Gasteiger partial charge < -0.3 is 9.80 Å². The van der Waals surface area contributed by atoms with Gasteiger partial charge in [0.15, 0.2) is 0 Å². The molecule has 0 bridgehead atoms. The van der Waals surface area contributed by atoms with Crippen LogP contribution >= 0.6 is 0 Å². The molecule has 0 amide bonds. The van der Waals surface area contributed by atoms with Crippen LogP contribution in [0.1, 0.15) is 76.8 Å². The van der Waals surface area contributed by atoms with Crippen LogP contribution in [0.5, 0.6) is 0 Å². The van der Waals surface area contributed by atoms with Gasteiger partial charge in [0.2, 0.25) is 0 Å². The number of benzene rings is 9. The van der Waals surface area contributed by atoms with E-state index in [-0.39, 0.29) is 0 Å². The third-order valence-electron chi connectivity index (χ3n) is 13.8. The topological polar surface area (TPSA) is 6.48 Å². The number of anilines is 6. The molecule has 0 heterocycles. The van der Waals surface area contributed by atoms with E-state index in [0.717, 1.165) is 12.8 Å². The molecule has 0 aliphatic heterocycles. The van der Waals surface area contributed by atoms with E-state index in [1.165, 1.54) is 144 Å². The van der Waals surface area contributed by atoms with Gasteiger partial charge in [-0.3, -0.25) is 0 Å². The number of hydrogen-bond acceptors (Lipinski definition) is 2. The quantitative estimate of drug-likeness (QED) is 0.141. The van der Waals surface area contributed by atoms with E-state index in [1.807, 2.05) is 0 Å². The fourth-order valence-corrected chi connectivity index (χ4v) is 11.0. The van der Waals surface area contributed by atoms with Crippen LogP contribution in [0.3, 0.4) is 0 Å². The van der Waals surface area contributed by atoms with Gasteiger partial charge in [0, 0.05) is 33.5 Å². The molecule has 9 aromatic carbocycles. The van der Waals surface area contributed by atoms with Crippen LogP contribution in [0.25, 0.3) is 49.0 Å². The predicted octanol–water partition coefficient (Wildman–Crippen LogP) is 18.2. The molecule has 1 aliphatic rings. The molecule has 0 spiro atoms. The van der Waals surface area contributed by atoms with Crippen molar-refractivity contribution in [3.05, 3.63) is 207 Å². The Hall–Kier alpha value is -6.90. The van der Waals surface area contributed by atoms with E-state index in [0.29, 0.717) is 0 Å². The second-order valence-electron chi connectivity index (χ2n) is 18.8. The number of rotatable bonds is 8. The molecule has 2 heteroatoms. The van der Waals surface area contributed by atoms with Crippen molar-refractivity contribution in [2.45, 2.75) is 82.1 Å². The van der Waals surface area contributed by atoms with Crippen molar-refractivity contribution >= 4 is 72.0 Å². The Morgan fingerprint density at radius 1 is 0.391 bits per heavy atom. The molecular formula is C62H58N2. The summed E-state index contributed by atoms with van der Waals surface area (Å²) in [4.78, 5) is 5.06. The maximum Gasteiger partial charge on any atom is 0.0540 e. The SMILES string of the molecule is CC1=CCCC(C)=C1c1ccc(C)c(N(c2cc(C)cc(C)c2)c2ccc3ccc4c(N(c5cc(C)cc(C)c5)c5cc(-c6c(C)cccc6C)ccc5C)ccc5ccc2c3c54)c1. The van der Waals surface area contributed by atoms with Crippen LogP contribution in [-0.2, 0) is 0 Å². The maximum absolute atomic E-state index is 2.54. The molecule has 1 aliphatic carbocycles. The Morgan fingerprint density at radius 2 is 0.844 bits per heavy atom. The molecule has 316 valence electrons. The smallest absolute Gasteiger partial charge is 0.0540 e. The van der Waals surface area contributed by atoms with E-state index < -0.39 is 0 Å². The minimum absolute atomic E-state index is 1.10. The van der Waals surface area contributed by atoms with Crippen LogP contribution in [0, 0.1) is 55.4 Å². The number of hydrogen-bond donors (Lipinski definition) is 0. The molecule has 0 N–H and O–H groups in total. The highest BCUT2D eigenvalue weighted by Crippen LogP contribution is 2.50. The molecule has 9 aromatic rings. The first-order chi connectivity index (χ1) is 30.8. The Bertz CT molecular complexity index is 3330. The van der Waals surface area contributed by atoms with Crippen molar-refractivity contribution in [1.82, 2.24) is 0 Å². The molecule has 0 atom stereocenters. The fraction of sp³-hybridized carbons (Fsp3) is 0.194. The van der Waals surface area contributed by atoms with Gasteiger partial charge in [-0.2, -0.15) is 0 Å². The minimum atomic E-state index is 1.10. The highest BCUT2D eigenvalue weighted by molar-refractivity contribution is 6.28. The Balaban J connectivity index is 1.24. The summed E-state index contributed by atoms with van der Waals surface area (Å²) in [6.45, 7) is 22.4. The van der Waals surface area contributed by atoms with Crippen molar-refractivity contribution in [3.63, 3.8) is 0 Å². The van der Waals surface area contributed by atoms with Gasteiger partial charge in [-0.15, -0.1) is 0 Å². The zero-order valence-electron chi connectivity index (χ0n) is 39.2. The molecule has 64 heavy (non-hydrogen) atoms. The first-order valence-corrected chi connectivity index (χ1v) is 23.0. The zero-order chi connectivity index (χ0) is 44.6. The highest BCUT2D eigenvalue weighted by atomic mass is 15.2. The molecule has 0 saturated heterocycles. The Kier molecular flexibility index (Phi) is 10.3. The Labute approximate surface area is 380 Å². The number of nitrogens with zero attached hydrogens (tertiary/aromatic N) is 2. The molecule has 0 aromatic heterocycles. The summed E-state index contributed by atoms with van der Waals surface area (Å²) in [5, 5.41) is 7.56. The standard InChI is InChI=1S/C62H58N2/c1-37-29-38(2)32-51(31-37)63(57-35-49(19-17-41(57)5)59-43(7)13-11-14-44(59)8)55-27-23-47-22-26-54-56(28-24-48-21-25-53(55)61(47)62(48)54)64(52-33-39(3)30-40(4)34-52)58-36-50(20-18-42(58)6)60-45(9)15-12-16-46(60)10/h11,13-15,17-36H,12,16H2,1-10H3. The summed E-state index contributed by atoms with van der Waals surface area (Å²) in [6.07, 6.45) is 4.62. The van der Waals surface area contributed by atoms with Gasteiger partial charge >= 0.3 is 0 Å². The van der Waals surface area contributed by atoms with Crippen molar-refractivity contribution in [1.29, 1.82) is 0 Å². The summed E-state index contributed by atoms with van der Waals surface area (Å²) in [5.74, 6) is 0. The lowest BCUT2D eigenvalue weighted by atomic mass is 9.87. The van der Waals surface area contributed by atoms with Crippen LogP contribution in [0.2, 0.25) is 0 Å². The molecule has 0 fully saturated rings. The lowest BCUT2D eigenvalue weighted by Crippen LogP contribution is -2.14. The van der Waals surface area contributed by atoms with Crippen molar-refractivity contribution in [2.75, 3.05) is 9.80 Å². The zero-order valence-corrected chi connectivity index (χ0v) is 39.2. The average molecular weight is 831 g/mol. The van der Waals surface area contributed by atoms with Crippen molar-refractivity contribution in [3.8, 4) is 11.1 Å². The summed E-state index contributed by atoms with van der Waals surface area (Å²) < 4.78 is 0. The van der Waals surface area contributed by atoms with E-state index in [2.05, 4.69) is 225 Å². The summed E-state index contributed by atoms with van der Waals surface area (Å²) in [7, 11) is 0. The monoisotopic (exact) mass is 830 g/mol. The van der Waals surface area contributed by atoms with Gasteiger partial charge in [-0.1, -0.05) is 103 Å². The highest BCUT2D eigenvalue weighted by Gasteiger charge is 2.25. The van der Waals surface area contributed by atoms with Crippen LogP contribution < -0.4 is 9.80 Å². The van der Waals surface area contributed by atoms with Crippen LogP contribution in [0.4, 0.5) is 34.1 Å². The summed E-state index contributed by atoms with van der Waals surface area (Å²) in [6, 6.07) is 53.5. The summed E-state index contributed by atoms with van der Waals surface area (Å²) >= 11 is 0. The lowest BCUT2D eigenvalue weighted by molar-refractivity contribution is 0.953. The fourth-order valence-electron chi connectivity index (χ4n) is 11.0. The lowest BCUT2D eigenvalue weighted by Gasteiger charge is -2.31. The second-order valence-corrected chi connectivity index (χ2v) is 18.8. The molecule has 2 nitrogen and oxygen atoms in total. The minimum Gasteiger partial charge on any atom is -0.310 e. The maximum atomic E-state index is 2.54. The number of aryl methyl sites for hydroxylation is 8. The second kappa shape index (κ2) is 16.0. The van der Waals surface area contributed by atoms with E-state index in [9.17, 15) is 0 Å². The molecule has 0 radical (unpaired) electrons. The summed E-state index contributed by atoms with van der Waals surface area (Å²) in [5.41, 5.74) is 25.2. The third-order valence-corrected chi connectivity index (χ3v) is 13.8. The first-order valence-electron chi connectivity index (χ1n) is 23.0. The van der Waals surface area contributed by atoms with Gasteiger partial charge in [0.25, 0.3) is 0 Å². The average Bonchev–Trinajstić information content (AvgIpc) is 3.25. The van der Waals surface area contributed by atoms with Gasteiger partial charge in [0.1, 0.15) is 0 Å². The molecular weight excluding hydrogens is 773 g/mol. The van der Waals surface area contributed by atoms with Crippen molar-refractivity contribution < 1.29 is 0 Å². The third kappa shape index (κ3) is 7.06. The molecule has 10 rings (SSSR count). The van der Waals surface area contributed by atoms with Gasteiger partial charge in [0.05, 0.1) is 11.4 Å². The van der Waals surface area contributed by atoms with E-state index >= 15 is 0 Å². The van der Waals surface area contributed by atoms with E-state index in [1.54, 1.807) is 0 Å². The molecule has 0 saturated carbocycles. The van der Waals surface area contributed by atoms with E-state index in [4.69, 9.17) is 0 Å². The van der Waals surface area contributed by atoms with Crippen LogP contribution in [-0.4, -0.2) is 0 Å². The van der Waals surface area contributed by atoms with Crippen molar-refractivity contribution in [2.24, 2.45) is 0 Å². The normalized spacial score (nSPS) is 13.1. The van der Waals surface area contributed by atoms with Gasteiger partial charge in [-0.05, 0) is 224 Å². The Morgan fingerprint density at radius 3 is 1.33 bits per heavy atom. The van der Waals surface area contributed by atoms with Gasteiger partial charge in [-0.25, -0.2) is 0 Å². The first kappa shape index (κ1) is 41.1. The predicted molar refractivity (Wildman–Crippen MR) is 278 cm³/mol. The number of allylic oxidation sites excluding steroid dienone is 4. The molecule has 0 unspecified atom stereocenters.